The Morgan fingerprint density at radius 1 is 0.918 bits per heavy atom. The number of imide groups is 1. The molecule has 2 aromatic carbocycles. The summed E-state index contributed by atoms with van der Waals surface area (Å²) in [5, 5.41) is 18.2. The molecule has 15 nitrogen and oxygen atoms in total. The minimum absolute atomic E-state index is 0.0771. The van der Waals surface area contributed by atoms with E-state index in [4.69, 9.17) is 10.7 Å². The lowest BCUT2D eigenvalue weighted by Crippen LogP contribution is -2.53. The van der Waals surface area contributed by atoms with E-state index >= 15 is 4.39 Å². The minimum atomic E-state index is -1.00. The molecule has 3 aromatic rings. The van der Waals surface area contributed by atoms with Crippen molar-refractivity contribution in [2.45, 2.75) is 98.3 Å². The first-order chi connectivity index (χ1) is 28.8. The summed E-state index contributed by atoms with van der Waals surface area (Å²) in [6.45, 7) is 10.9. The van der Waals surface area contributed by atoms with Gasteiger partial charge in [-0.1, -0.05) is 53.2 Å². The van der Waals surface area contributed by atoms with Crippen molar-refractivity contribution in [1.29, 1.82) is 0 Å². The fourth-order valence-electron chi connectivity index (χ4n) is 7.07. The predicted octanol–water partition coefficient (Wildman–Crippen LogP) is 4.20. The van der Waals surface area contributed by atoms with E-state index in [1.165, 1.54) is 24.0 Å². The van der Waals surface area contributed by atoms with Gasteiger partial charge in [-0.3, -0.25) is 33.7 Å². The number of carbonyl (C=O) groups excluding carboxylic acids is 6. The van der Waals surface area contributed by atoms with E-state index in [-0.39, 0.29) is 67.5 Å². The monoisotopic (exact) mass is 848 g/mol. The number of nitrogens with one attached hydrogen (secondary N) is 3. The highest BCUT2D eigenvalue weighted by molar-refractivity contribution is 6.12. The molecule has 0 saturated carbocycles. The van der Waals surface area contributed by atoms with Crippen molar-refractivity contribution >= 4 is 41.1 Å². The summed E-state index contributed by atoms with van der Waals surface area (Å²) in [4.78, 5) is 83.6. The number of unbranched alkanes of at least 4 members (excludes halogenated alkanes) is 2. The molecule has 6 amide bonds. The van der Waals surface area contributed by atoms with Crippen LogP contribution in [0, 0.1) is 23.0 Å². The van der Waals surface area contributed by atoms with Gasteiger partial charge in [0.15, 0.2) is 0 Å². The molecule has 17 heteroatoms. The number of amides is 6. The van der Waals surface area contributed by atoms with Crippen molar-refractivity contribution in [3.8, 4) is 11.3 Å². The zero-order valence-electron chi connectivity index (χ0n) is 35.7. The summed E-state index contributed by atoms with van der Waals surface area (Å²) in [6.07, 6.45) is 6.22. The van der Waals surface area contributed by atoms with Crippen LogP contribution in [0.5, 0.6) is 0 Å². The van der Waals surface area contributed by atoms with Gasteiger partial charge in [0.2, 0.25) is 23.6 Å². The number of benzene rings is 2. The molecule has 0 radical (unpaired) electrons. The molecule has 61 heavy (non-hydrogen) atoms. The van der Waals surface area contributed by atoms with E-state index < -0.39 is 59.5 Å². The van der Waals surface area contributed by atoms with Crippen LogP contribution < -0.4 is 21.7 Å². The van der Waals surface area contributed by atoms with E-state index in [1.54, 1.807) is 48.9 Å². The third kappa shape index (κ3) is 13.1. The van der Waals surface area contributed by atoms with Crippen molar-refractivity contribution < 1.29 is 42.7 Å². The fourth-order valence-corrected chi connectivity index (χ4v) is 7.07. The molecule has 0 aliphatic carbocycles. The highest BCUT2D eigenvalue weighted by atomic mass is 19.1. The number of nitrogens with two attached hydrogens (primary N) is 1. The minimum Gasteiger partial charge on any atom is -0.387 e. The average molecular weight is 849 g/mol. The molecule has 1 aromatic heterocycles. The number of aromatic nitrogens is 2. The maximum atomic E-state index is 15.1. The van der Waals surface area contributed by atoms with Gasteiger partial charge in [-0.25, -0.2) is 13.8 Å². The second kappa shape index (κ2) is 21.6. The van der Waals surface area contributed by atoms with Gasteiger partial charge in [-0.15, -0.1) is 0 Å². The summed E-state index contributed by atoms with van der Waals surface area (Å²) < 4.78 is 31.2. The number of aliphatic hydroxyl groups excluding tert-OH is 1. The van der Waals surface area contributed by atoms with E-state index in [9.17, 15) is 38.3 Å². The van der Waals surface area contributed by atoms with E-state index in [1.807, 2.05) is 20.8 Å². The Hall–Kier alpha value is -5.81. The van der Waals surface area contributed by atoms with Gasteiger partial charge in [0.1, 0.15) is 36.1 Å². The Morgan fingerprint density at radius 2 is 1.62 bits per heavy atom. The molecule has 330 valence electrons. The summed E-state index contributed by atoms with van der Waals surface area (Å²) in [7, 11) is 0. The largest absolute Gasteiger partial charge is 0.387 e. The Bertz CT molecular complexity index is 2080. The van der Waals surface area contributed by atoms with E-state index in [0.717, 1.165) is 23.1 Å². The van der Waals surface area contributed by atoms with Crippen LogP contribution in [0.3, 0.4) is 0 Å². The number of nitrogens with zero attached hydrogens (tertiary/aromatic N) is 4. The van der Waals surface area contributed by atoms with Crippen LogP contribution in [0.15, 0.2) is 60.8 Å². The zero-order chi connectivity index (χ0) is 45.0. The van der Waals surface area contributed by atoms with Gasteiger partial charge in [-0.05, 0) is 80.0 Å². The van der Waals surface area contributed by atoms with Gasteiger partial charge in [0.05, 0.1) is 11.7 Å². The molecule has 2 heterocycles. The Kier molecular flexibility index (Phi) is 17.0. The first-order valence-electron chi connectivity index (χ1n) is 20.5. The molecule has 6 N–H and O–H groups in total. The number of aliphatic hydroxyl groups is 1. The predicted molar refractivity (Wildman–Crippen MR) is 225 cm³/mol. The highest BCUT2D eigenvalue weighted by Crippen LogP contribution is 2.39. The molecule has 0 fully saturated rings. The average Bonchev–Trinajstić information content (AvgIpc) is 3.75. The summed E-state index contributed by atoms with van der Waals surface area (Å²) >= 11 is 0. The standard InChI is InChI=1S/C44H58F2N8O7/c1-27(2)39(51-35(56)14-8-7-9-20-53-36(57)17-18-37(53)58)43(61)48-28(3)42(60)49-31-13-10-12-29(22-31)24-52-25-34(32-23-30(45)15-16-33(32)46)50-41(52)40(44(4,5)6)54(21-11-19-47)38(59)26-55/h10,12-13,15-18,22-23,25,27-28,39-40,55H,7-9,11,14,19-21,24,26,47H2,1-6H3,(H,48,61)(H,49,60)(H,51,56)/t28?,39?,40-/m0/s1. The fraction of sp³-hybridized carbons (Fsp3) is 0.477. The Labute approximate surface area is 355 Å². The number of imidazole rings is 1. The van der Waals surface area contributed by atoms with Crippen LogP contribution in [0.2, 0.25) is 0 Å². The maximum absolute atomic E-state index is 15.1. The maximum Gasteiger partial charge on any atom is 0.253 e. The number of hydrogen-bond donors (Lipinski definition) is 5. The third-order valence-corrected chi connectivity index (χ3v) is 10.2. The molecular weight excluding hydrogens is 791 g/mol. The smallest absolute Gasteiger partial charge is 0.253 e. The number of rotatable bonds is 21. The molecule has 0 bridgehead atoms. The van der Waals surface area contributed by atoms with Crippen LogP contribution >= 0.6 is 0 Å². The van der Waals surface area contributed by atoms with Crippen LogP contribution in [-0.4, -0.2) is 98.2 Å². The van der Waals surface area contributed by atoms with Crippen molar-refractivity contribution in [3.63, 3.8) is 0 Å². The Balaban J connectivity index is 1.47. The van der Waals surface area contributed by atoms with Crippen molar-refractivity contribution in [2.75, 3.05) is 31.6 Å². The van der Waals surface area contributed by atoms with Crippen molar-refractivity contribution in [3.05, 3.63) is 83.8 Å². The molecule has 0 saturated heterocycles. The lowest BCUT2D eigenvalue weighted by molar-refractivity contribution is -0.140. The van der Waals surface area contributed by atoms with Gasteiger partial charge in [0, 0.05) is 55.7 Å². The van der Waals surface area contributed by atoms with E-state index in [0.29, 0.717) is 42.8 Å². The first-order valence-corrected chi connectivity index (χ1v) is 20.5. The van der Waals surface area contributed by atoms with Crippen molar-refractivity contribution in [1.82, 2.24) is 30.0 Å². The van der Waals surface area contributed by atoms with Crippen LogP contribution in [0.4, 0.5) is 14.5 Å². The molecular formula is C44H58F2N8O7. The van der Waals surface area contributed by atoms with Crippen LogP contribution in [0.25, 0.3) is 11.3 Å². The van der Waals surface area contributed by atoms with Crippen molar-refractivity contribution in [2.24, 2.45) is 17.1 Å². The van der Waals surface area contributed by atoms with Gasteiger partial charge in [-0.2, -0.15) is 0 Å². The summed E-state index contributed by atoms with van der Waals surface area (Å²) in [5.41, 5.74) is 6.27. The number of carbonyl (C=O) groups is 6. The lowest BCUT2D eigenvalue weighted by Gasteiger charge is -2.40. The molecule has 1 aliphatic heterocycles. The summed E-state index contributed by atoms with van der Waals surface area (Å²) in [5.74, 6) is -3.95. The number of anilines is 1. The highest BCUT2D eigenvalue weighted by Gasteiger charge is 2.38. The Morgan fingerprint density at radius 3 is 2.26 bits per heavy atom. The second-order valence-corrected chi connectivity index (χ2v) is 16.6. The molecule has 2 unspecified atom stereocenters. The van der Waals surface area contributed by atoms with Gasteiger partial charge in [0.25, 0.3) is 11.8 Å². The van der Waals surface area contributed by atoms with Gasteiger partial charge >= 0.3 is 0 Å². The SMILES string of the molecule is CC(NC(=O)C(NC(=O)CCCCCN1C(=O)C=CC1=O)C(C)C)C(=O)Nc1cccc(Cn2cc(-c3cc(F)ccc3F)nc2[C@H](N(CCCN)C(=O)CO)C(C)(C)C)c1. The molecule has 4 rings (SSSR count). The normalized spacial score (nSPS) is 14.2. The molecule has 1 aliphatic rings. The lowest BCUT2D eigenvalue weighted by atomic mass is 9.84. The topological polar surface area (TPSA) is 209 Å². The second-order valence-electron chi connectivity index (χ2n) is 16.6. The number of hydrogen-bond acceptors (Lipinski definition) is 9. The zero-order valence-corrected chi connectivity index (χ0v) is 35.7. The first kappa shape index (κ1) is 47.9. The van der Waals surface area contributed by atoms with Crippen LogP contribution in [-0.2, 0) is 35.3 Å². The third-order valence-electron chi connectivity index (χ3n) is 10.2. The summed E-state index contributed by atoms with van der Waals surface area (Å²) in [6, 6.07) is 7.31. The van der Waals surface area contributed by atoms with Crippen LogP contribution in [0.1, 0.15) is 91.1 Å². The number of halogens is 2. The van der Waals surface area contributed by atoms with E-state index in [2.05, 4.69) is 16.0 Å². The molecule has 3 atom stereocenters. The van der Waals surface area contributed by atoms with Gasteiger partial charge < -0.3 is 36.3 Å². The molecule has 0 spiro atoms. The quantitative estimate of drug-likeness (QED) is 0.0768.